The van der Waals surface area contributed by atoms with Crippen molar-refractivity contribution in [3.63, 3.8) is 0 Å². The van der Waals surface area contributed by atoms with Crippen LogP contribution in [0.2, 0.25) is 0 Å². The molecule has 4 nitrogen and oxygen atoms in total. The predicted octanol–water partition coefficient (Wildman–Crippen LogP) is -0.0643. The number of carbonyl (C=O) groups excluding carboxylic acids is 1. The maximum Gasteiger partial charge on any atom is 0.234 e. The molecule has 0 saturated carbocycles. The molecule has 0 radical (unpaired) electrons. The molecule has 0 aliphatic carbocycles. The Morgan fingerprint density at radius 2 is 2.43 bits per heavy atom. The smallest absolute Gasteiger partial charge is 0.234 e. The van der Waals surface area contributed by atoms with Crippen LogP contribution in [0, 0.1) is 0 Å². The number of hydrogen-bond donors (Lipinski definition) is 2. The summed E-state index contributed by atoms with van der Waals surface area (Å²) in [4.78, 5) is 13.7. The molecule has 0 aromatic carbocycles. The lowest BCUT2D eigenvalue weighted by Gasteiger charge is -2.22. The lowest BCUT2D eigenvalue weighted by Crippen LogP contribution is -2.40. The van der Waals surface area contributed by atoms with E-state index in [0.29, 0.717) is 25.7 Å². The molecular formula is C10H21N3O. The third-order valence-electron chi connectivity index (χ3n) is 2.78. The van der Waals surface area contributed by atoms with Gasteiger partial charge < -0.3 is 11.1 Å². The summed E-state index contributed by atoms with van der Waals surface area (Å²) in [7, 11) is 0. The van der Waals surface area contributed by atoms with Gasteiger partial charge in [-0.1, -0.05) is 6.92 Å². The summed E-state index contributed by atoms with van der Waals surface area (Å²) in [5, 5.41) is 2.80. The average molecular weight is 199 g/mol. The van der Waals surface area contributed by atoms with Crippen LogP contribution in [0.25, 0.3) is 0 Å². The molecule has 3 N–H and O–H groups in total. The van der Waals surface area contributed by atoms with Crippen molar-refractivity contribution in [3.8, 4) is 0 Å². The first-order chi connectivity index (χ1) is 6.77. The van der Waals surface area contributed by atoms with Crippen molar-refractivity contribution in [1.82, 2.24) is 10.2 Å². The molecule has 14 heavy (non-hydrogen) atoms. The van der Waals surface area contributed by atoms with Gasteiger partial charge in [0.1, 0.15) is 0 Å². The first-order valence-corrected chi connectivity index (χ1v) is 5.48. The zero-order valence-corrected chi connectivity index (χ0v) is 8.96. The van der Waals surface area contributed by atoms with Crippen molar-refractivity contribution in [2.24, 2.45) is 5.73 Å². The highest BCUT2D eigenvalue weighted by atomic mass is 16.2. The molecule has 1 rings (SSSR count). The summed E-state index contributed by atoms with van der Waals surface area (Å²) < 4.78 is 0. The fourth-order valence-corrected chi connectivity index (χ4v) is 2.02. The SMILES string of the molecule is CCC1CCCN1CC(=O)NCCN. The summed E-state index contributed by atoms with van der Waals surface area (Å²) in [6, 6.07) is 0.610. The highest BCUT2D eigenvalue weighted by Gasteiger charge is 2.24. The first kappa shape index (κ1) is 11.5. The van der Waals surface area contributed by atoms with Gasteiger partial charge in [0.05, 0.1) is 6.54 Å². The maximum absolute atomic E-state index is 11.4. The lowest BCUT2D eigenvalue weighted by molar-refractivity contribution is -0.122. The number of carbonyl (C=O) groups is 1. The largest absolute Gasteiger partial charge is 0.354 e. The molecule has 1 unspecified atom stereocenters. The molecule has 1 heterocycles. The number of likely N-dealkylation sites (tertiary alicyclic amines) is 1. The van der Waals surface area contributed by atoms with Gasteiger partial charge in [-0.25, -0.2) is 0 Å². The Kier molecular flexibility index (Phi) is 4.90. The summed E-state index contributed by atoms with van der Waals surface area (Å²) in [5.74, 6) is 0.107. The van der Waals surface area contributed by atoms with E-state index in [2.05, 4.69) is 17.1 Å². The zero-order chi connectivity index (χ0) is 10.4. The highest BCUT2D eigenvalue weighted by molar-refractivity contribution is 5.78. The van der Waals surface area contributed by atoms with Gasteiger partial charge in [0.2, 0.25) is 5.91 Å². The topological polar surface area (TPSA) is 58.4 Å². The van der Waals surface area contributed by atoms with Gasteiger partial charge in [-0.2, -0.15) is 0 Å². The summed E-state index contributed by atoms with van der Waals surface area (Å²) >= 11 is 0. The van der Waals surface area contributed by atoms with E-state index in [9.17, 15) is 4.79 Å². The van der Waals surface area contributed by atoms with Gasteiger partial charge >= 0.3 is 0 Å². The van der Waals surface area contributed by atoms with Crippen molar-refractivity contribution in [2.45, 2.75) is 32.2 Å². The van der Waals surface area contributed by atoms with Crippen molar-refractivity contribution >= 4 is 5.91 Å². The molecule has 0 spiro atoms. The standard InChI is InChI=1S/C10H21N3O/c1-2-9-4-3-7-13(9)8-10(14)12-6-5-11/h9H,2-8,11H2,1H3,(H,12,14). The van der Waals surface area contributed by atoms with Gasteiger partial charge in [0, 0.05) is 19.1 Å². The number of nitrogens with one attached hydrogen (secondary N) is 1. The minimum Gasteiger partial charge on any atom is -0.354 e. The van der Waals surface area contributed by atoms with Crippen LogP contribution in [0.15, 0.2) is 0 Å². The second-order valence-electron chi connectivity index (χ2n) is 3.81. The molecule has 4 heteroatoms. The molecule has 1 fully saturated rings. The molecule has 1 amide bonds. The molecule has 1 atom stereocenters. The van der Waals surface area contributed by atoms with Crippen molar-refractivity contribution < 1.29 is 4.79 Å². The molecule has 82 valence electrons. The van der Waals surface area contributed by atoms with Crippen LogP contribution < -0.4 is 11.1 Å². The quantitative estimate of drug-likeness (QED) is 0.652. The van der Waals surface area contributed by atoms with Gasteiger partial charge in [-0.3, -0.25) is 9.69 Å². The van der Waals surface area contributed by atoms with Gasteiger partial charge in [0.15, 0.2) is 0 Å². The van der Waals surface area contributed by atoms with Crippen molar-refractivity contribution in [1.29, 1.82) is 0 Å². The van der Waals surface area contributed by atoms with Crippen LogP contribution in [-0.2, 0) is 4.79 Å². The third-order valence-corrected chi connectivity index (χ3v) is 2.78. The third kappa shape index (κ3) is 3.27. The summed E-state index contributed by atoms with van der Waals surface area (Å²) in [6.07, 6.45) is 3.60. The Balaban J connectivity index is 2.25. The van der Waals surface area contributed by atoms with E-state index in [1.807, 2.05) is 0 Å². The van der Waals surface area contributed by atoms with Gasteiger partial charge in [0.25, 0.3) is 0 Å². The number of nitrogens with two attached hydrogens (primary N) is 1. The van der Waals surface area contributed by atoms with E-state index >= 15 is 0 Å². The number of amides is 1. The van der Waals surface area contributed by atoms with Crippen LogP contribution in [0.4, 0.5) is 0 Å². The molecular weight excluding hydrogens is 178 g/mol. The van der Waals surface area contributed by atoms with Gasteiger partial charge in [-0.05, 0) is 25.8 Å². The molecule has 0 aromatic rings. The van der Waals surface area contributed by atoms with Crippen LogP contribution in [0.5, 0.6) is 0 Å². The van der Waals surface area contributed by atoms with Crippen LogP contribution in [-0.4, -0.2) is 43.0 Å². The molecule has 1 aliphatic rings. The van der Waals surface area contributed by atoms with Crippen molar-refractivity contribution in [2.75, 3.05) is 26.2 Å². The second kappa shape index (κ2) is 5.98. The van der Waals surface area contributed by atoms with E-state index in [1.165, 1.54) is 12.8 Å². The van der Waals surface area contributed by atoms with Crippen molar-refractivity contribution in [3.05, 3.63) is 0 Å². The fraction of sp³-hybridized carbons (Fsp3) is 0.900. The minimum atomic E-state index is 0.107. The number of rotatable bonds is 5. The summed E-state index contributed by atoms with van der Waals surface area (Å²) in [6.45, 7) is 4.89. The van der Waals surface area contributed by atoms with E-state index in [4.69, 9.17) is 5.73 Å². The zero-order valence-electron chi connectivity index (χ0n) is 8.96. The highest BCUT2D eigenvalue weighted by Crippen LogP contribution is 2.18. The van der Waals surface area contributed by atoms with E-state index < -0.39 is 0 Å². The Bertz CT molecular complexity index is 184. The first-order valence-electron chi connectivity index (χ1n) is 5.48. The second-order valence-corrected chi connectivity index (χ2v) is 3.81. The average Bonchev–Trinajstić information content (AvgIpc) is 2.62. The normalized spacial score (nSPS) is 22.6. The number of nitrogens with zero attached hydrogens (tertiary/aromatic N) is 1. The predicted molar refractivity (Wildman–Crippen MR) is 57.0 cm³/mol. The van der Waals surface area contributed by atoms with Crippen LogP contribution >= 0.6 is 0 Å². The molecule has 0 bridgehead atoms. The fourth-order valence-electron chi connectivity index (χ4n) is 2.02. The number of hydrogen-bond acceptors (Lipinski definition) is 3. The monoisotopic (exact) mass is 199 g/mol. The minimum absolute atomic E-state index is 0.107. The molecule has 0 aromatic heterocycles. The van der Waals surface area contributed by atoms with Crippen LogP contribution in [0.3, 0.4) is 0 Å². The molecule has 1 saturated heterocycles. The van der Waals surface area contributed by atoms with Gasteiger partial charge in [-0.15, -0.1) is 0 Å². The Morgan fingerprint density at radius 1 is 1.64 bits per heavy atom. The van der Waals surface area contributed by atoms with E-state index in [-0.39, 0.29) is 5.91 Å². The lowest BCUT2D eigenvalue weighted by atomic mass is 10.2. The summed E-state index contributed by atoms with van der Waals surface area (Å²) in [5.41, 5.74) is 5.31. The Morgan fingerprint density at radius 3 is 3.07 bits per heavy atom. The maximum atomic E-state index is 11.4. The van der Waals surface area contributed by atoms with E-state index in [1.54, 1.807) is 0 Å². The Labute approximate surface area is 85.8 Å². The molecule has 1 aliphatic heterocycles. The van der Waals surface area contributed by atoms with E-state index in [0.717, 1.165) is 13.0 Å². The van der Waals surface area contributed by atoms with Crippen LogP contribution in [0.1, 0.15) is 26.2 Å². The Hall–Kier alpha value is -0.610.